The summed E-state index contributed by atoms with van der Waals surface area (Å²) in [5.41, 5.74) is 2.48. The first-order chi connectivity index (χ1) is 23.7. The van der Waals surface area contributed by atoms with E-state index in [2.05, 4.69) is 27.6 Å². The van der Waals surface area contributed by atoms with Crippen molar-refractivity contribution < 1.29 is 26.5 Å². The zero-order valence-electron chi connectivity index (χ0n) is 28.1. The number of nitrogens with zero attached hydrogens (tertiary/aromatic N) is 5. The molecule has 11 nitrogen and oxygen atoms in total. The summed E-state index contributed by atoms with van der Waals surface area (Å²) in [7, 11) is -3.32. The lowest BCUT2D eigenvalue weighted by atomic mass is 10.0. The third-order valence-electron chi connectivity index (χ3n) is 9.37. The summed E-state index contributed by atoms with van der Waals surface area (Å²) in [6.45, 7) is 4.27. The maximum absolute atomic E-state index is 14.5. The van der Waals surface area contributed by atoms with E-state index in [0.29, 0.717) is 48.6 Å². The third kappa shape index (κ3) is 8.16. The van der Waals surface area contributed by atoms with Gasteiger partial charge in [-0.25, -0.2) is 9.29 Å². The van der Waals surface area contributed by atoms with Crippen molar-refractivity contribution >= 4 is 49.9 Å². The smallest absolute Gasteiger partial charge is 0.370 e. The van der Waals surface area contributed by atoms with Crippen LogP contribution in [0.25, 0.3) is 22.2 Å². The highest BCUT2D eigenvalue weighted by molar-refractivity contribution is 8.21. The minimum atomic E-state index is -4.67. The first-order valence-corrected chi connectivity index (χ1v) is 19.7. The molecule has 2 atom stereocenters. The summed E-state index contributed by atoms with van der Waals surface area (Å²) in [4.78, 5) is 25.9. The van der Waals surface area contributed by atoms with Crippen LogP contribution in [0, 0.1) is 6.92 Å². The number of likely N-dealkylation sites (N-methyl/N-ethyl adjacent to an activating group) is 1. The van der Waals surface area contributed by atoms with Gasteiger partial charge in [-0.2, -0.15) is 18.2 Å². The molecule has 2 aromatic heterocycles. The Morgan fingerprint density at radius 1 is 1.08 bits per heavy atom. The number of hydrogen-bond donors (Lipinski definition) is 4. The minimum absolute atomic E-state index is 0.0758. The van der Waals surface area contributed by atoms with Crippen LogP contribution >= 0.6 is 10.8 Å². The predicted octanol–water partition coefficient (Wildman–Crippen LogP) is 6.30. The van der Waals surface area contributed by atoms with Gasteiger partial charge in [-0.05, 0) is 81.1 Å². The van der Waals surface area contributed by atoms with E-state index in [1.165, 1.54) is 23.0 Å². The molecule has 2 fully saturated rings. The Labute approximate surface area is 292 Å². The number of benzene rings is 2. The lowest BCUT2D eigenvalue weighted by Gasteiger charge is -2.43. The molecular weight excluding hydrogens is 692 g/mol. The van der Waals surface area contributed by atoms with E-state index in [1.54, 1.807) is 29.6 Å². The van der Waals surface area contributed by atoms with Crippen molar-refractivity contribution in [3.05, 3.63) is 70.6 Å². The lowest BCUT2D eigenvalue weighted by Crippen LogP contribution is -2.44. The second-order valence-electron chi connectivity index (χ2n) is 13.0. The molecule has 2 aliphatic heterocycles. The van der Waals surface area contributed by atoms with Gasteiger partial charge in [0.2, 0.25) is 5.95 Å². The van der Waals surface area contributed by atoms with Crippen molar-refractivity contribution in [1.82, 2.24) is 24.2 Å². The van der Waals surface area contributed by atoms with Crippen molar-refractivity contribution in [2.75, 3.05) is 55.5 Å². The highest BCUT2D eigenvalue weighted by atomic mass is 32.3. The number of pyridine rings is 1. The topological polar surface area (TPSA) is 136 Å². The van der Waals surface area contributed by atoms with Crippen molar-refractivity contribution in [3.63, 3.8) is 0 Å². The number of hydrogen-bond acceptors (Lipinski definition) is 10. The van der Waals surface area contributed by atoms with Gasteiger partial charge in [-0.3, -0.25) is 22.7 Å². The standard InChI is InChI=1S/C34H42F3N7O4S2/c1-22-6-11-28(30(17-22)49(46)21-34(35,36)37)29-18-23-19-39-33(40-24-7-9-25(10-8-24)42(2)27-5-4-14-38-20-27)41-31(23)44(32(29)45)26-12-15-43(16-13-26)50(3,47)48/h6-11,17-19,26-27,38,47-48H,4-5,12-16,20-21H2,1-3H3,(H,39,40,41). The maximum atomic E-state index is 14.5. The molecule has 4 N–H and O–H groups in total. The first-order valence-electron chi connectivity index (χ1n) is 16.5. The Balaban J connectivity index is 1.39. The van der Waals surface area contributed by atoms with E-state index >= 15 is 0 Å². The monoisotopic (exact) mass is 733 g/mol. The van der Waals surface area contributed by atoms with Gasteiger partial charge >= 0.3 is 6.18 Å². The molecule has 4 heterocycles. The number of alkyl halides is 3. The van der Waals surface area contributed by atoms with Gasteiger partial charge in [0.1, 0.15) is 11.4 Å². The Kier molecular flexibility index (Phi) is 10.6. The van der Waals surface area contributed by atoms with Crippen LogP contribution in [-0.2, 0) is 10.8 Å². The predicted molar refractivity (Wildman–Crippen MR) is 194 cm³/mol. The average molecular weight is 734 g/mol. The average Bonchev–Trinajstić information content (AvgIpc) is 3.07. The molecule has 0 aliphatic carbocycles. The van der Waals surface area contributed by atoms with Crippen LogP contribution in [0.3, 0.4) is 0 Å². The van der Waals surface area contributed by atoms with Gasteiger partial charge in [-0.1, -0.05) is 12.1 Å². The van der Waals surface area contributed by atoms with E-state index in [4.69, 9.17) is 4.98 Å². The van der Waals surface area contributed by atoms with Crippen molar-refractivity contribution in [3.8, 4) is 11.1 Å². The zero-order valence-corrected chi connectivity index (χ0v) is 29.7. The van der Waals surface area contributed by atoms with Gasteiger partial charge in [0.15, 0.2) is 0 Å². The fraction of sp³-hybridized carbons (Fsp3) is 0.441. The summed E-state index contributed by atoms with van der Waals surface area (Å²) in [6.07, 6.45) is 1.28. The fourth-order valence-electron chi connectivity index (χ4n) is 6.71. The van der Waals surface area contributed by atoms with E-state index in [-0.39, 0.29) is 22.0 Å². The van der Waals surface area contributed by atoms with Crippen molar-refractivity contribution in [2.45, 2.75) is 55.8 Å². The molecule has 2 aliphatic rings. The second-order valence-corrected chi connectivity index (χ2v) is 16.6. The number of piperidine rings is 2. The summed E-state index contributed by atoms with van der Waals surface area (Å²) < 4.78 is 76.7. The van der Waals surface area contributed by atoms with Crippen LogP contribution in [0.1, 0.15) is 37.3 Å². The van der Waals surface area contributed by atoms with Crippen molar-refractivity contribution in [1.29, 1.82) is 0 Å². The lowest BCUT2D eigenvalue weighted by molar-refractivity contribution is -0.105. The Morgan fingerprint density at radius 2 is 1.80 bits per heavy atom. The zero-order chi connectivity index (χ0) is 35.8. The van der Waals surface area contributed by atoms with Crippen LogP contribution < -0.4 is 21.1 Å². The van der Waals surface area contributed by atoms with Gasteiger partial charge < -0.3 is 15.5 Å². The Hall–Kier alpha value is -3.54. The largest absolute Gasteiger partial charge is 0.400 e. The molecule has 4 aromatic rings. The van der Waals surface area contributed by atoms with Gasteiger partial charge in [0.05, 0.1) is 10.8 Å². The quantitative estimate of drug-likeness (QED) is 0.155. The molecule has 270 valence electrons. The molecule has 2 unspecified atom stereocenters. The minimum Gasteiger partial charge on any atom is -0.370 e. The van der Waals surface area contributed by atoms with E-state index in [0.717, 1.165) is 37.3 Å². The molecule has 0 radical (unpaired) electrons. The summed E-state index contributed by atoms with van der Waals surface area (Å²) in [5.74, 6) is -1.29. The highest BCUT2D eigenvalue weighted by Gasteiger charge is 2.33. The molecule has 0 spiro atoms. The number of rotatable bonds is 9. The van der Waals surface area contributed by atoms with E-state index < -0.39 is 45.1 Å². The summed E-state index contributed by atoms with van der Waals surface area (Å²) in [5, 5.41) is 7.14. The normalized spacial score (nSPS) is 19.0. The number of anilines is 3. The molecule has 6 rings (SSSR count). The summed E-state index contributed by atoms with van der Waals surface area (Å²) >= 11 is 0. The molecule has 0 bridgehead atoms. The van der Waals surface area contributed by atoms with Crippen LogP contribution in [0.15, 0.2) is 64.4 Å². The molecule has 0 saturated carbocycles. The van der Waals surface area contributed by atoms with Crippen molar-refractivity contribution in [2.24, 2.45) is 0 Å². The number of nitrogens with one attached hydrogen (secondary N) is 2. The Bertz CT molecular complexity index is 1920. The molecule has 0 amide bonds. The van der Waals surface area contributed by atoms with Crippen LogP contribution in [0.4, 0.5) is 30.5 Å². The molecule has 2 saturated heterocycles. The SMILES string of the molecule is Cc1ccc(-c2cc3cnc(Nc4ccc(N(C)C5CCCNC5)cc4)nc3n(C3CCN(S(C)(O)O)CC3)c2=O)c(S(=O)CC(F)(F)F)c1. The molecule has 16 heteroatoms. The van der Waals surface area contributed by atoms with Gasteiger partial charge in [0.25, 0.3) is 5.56 Å². The van der Waals surface area contributed by atoms with Crippen LogP contribution in [0.2, 0.25) is 0 Å². The Morgan fingerprint density at radius 3 is 2.44 bits per heavy atom. The number of halogens is 3. The van der Waals surface area contributed by atoms with E-state index in [1.807, 2.05) is 24.3 Å². The molecule has 50 heavy (non-hydrogen) atoms. The first kappa shape index (κ1) is 36.3. The fourth-order valence-corrected chi connectivity index (χ4v) is 8.80. The van der Waals surface area contributed by atoms with Gasteiger partial charge in [0, 0.05) is 84.0 Å². The third-order valence-corrected chi connectivity index (χ3v) is 12.1. The summed E-state index contributed by atoms with van der Waals surface area (Å²) in [6, 6.07) is 14.1. The number of aryl methyl sites for hydroxylation is 1. The van der Waals surface area contributed by atoms with Crippen LogP contribution in [0.5, 0.6) is 0 Å². The maximum Gasteiger partial charge on any atom is 0.400 e. The highest BCUT2D eigenvalue weighted by Crippen LogP contribution is 2.42. The van der Waals surface area contributed by atoms with E-state index in [9.17, 15) is 31.3 Å². The second kappa shape index (κ2) is 14.6. The number of fused-ring (bicyclic) bond motifs is 1. The van der Waals surface area contributed by atoms with Gasteiger partial charge in [-0.15, -0.1) is 10.8 Å². The van der Waals surface area contributed by atoms with Crippen LogP contribution in [-0.4, -0.2) is 89.6 Å². The molecule has 2 aromatic carbocycles. The number of aromatic nitrogens is 3. The molecular formula is C34H42F3N7O4S2.